The number of rotatable bonds is 5. The maximum Gasteiger partial charge on any atom is 0.188 e. The average molecular weight is 290 g/mol. The third kappa shape index (κ3) is 4.70. The van der Waals surface area contributed by atoms with Crippen LogP contribution in [0.2, 0.25) is 0 Å². The standard InChI is InChI=1S/C16H26N4O/c1-12(14-6-4-2-3-5-7-14)19-11-13-8-9-18-15(10-13)16(17)20-21/h8-10,12,14,19,21H,2-7,11H2,1H3,(H2,17,20)/t12-/m0/s1. The zero-order valence-electron chi connectivity index (χ0n) is 12.8. The van der Waals surface area contributed by atoms with Crippen LogP contribution in [0.3, 0.4) is 0 Å². The summed E-state index contributed by atoms with van der Waals surface area (Å²) in [5.74, 6) is 0.826. The van der Waals surface area contributed by atoms with Gasteiger partial charge in [-0.1, -0.05) is 30.8 Å². The summed E-state index contributed by atoms with van der Waals surface area (Å²) in [6, 6.07) is 4.34. The highest BCUT2D eigenvalue weighted by Crippen LogP contribution is 2.25. The molecule has 0 spiro atoms. The fourth-order valence-electron chi connectivity index (χ4n) is 3.03. The second-order valence-electron chi connectivity index (χ2n) is 5.96. The number of nitrogens with zero attached hydrogens (tertiary/aromatic N) is 2. The summed E-state index contributed by atoms with van der Waals surface area (Å²) >= 11 is 0. The van der Waals surface area contributed by atoms with Crippen molar-refractivity contribution >= 4 is 5.84 Å². The Morgan fingerprint density at radius 2 is 2.14 bits per heavy atom. The van der Waals surface area contributed by atoms with E-state index in [1.54, 1.807) is 6.20 Å². The van der Waals surface area contributed by atoms with Gasteiger partial charge in [0.05, 0.1) is 0 Å². The molecule has 116 valence electrons. The third-order valence-corrected chi connectivity index (χ3v) is 4.43. The van der Waals surface area contributed by atoms with Crippen molar-refractivity contribution in [2.75, 3.05) is 0 Å². The first-order valence-corrected chi connectivity index (χ1v) is 7.87. The van der Waals surface area contributed by atoms with Gasteiger partial charge >= 0.3 is 0 Å². The van der Waals surface area contributed by atoms with Gasteiger partial charge in [0.25, 0.3) is 0 Å². The van der Waals surface area contributed by atoms with E-state index in [1.807, 2.05) is 12.1 Å². The highest BCUT2D eigenvalue weighted by atomic mass is 16.4. The van der Waals surface area contributed by atoms with Gasteiger partial charge in [0, 0.05) is 18.8 Å². The molecule has 0 bridgehead atoms. The SMILES string of the molecule is C[C@H](NCc1ccnc(/C(N)=N/O)c1)C1CCCCCC1. The molecule has 4 N–H and O–H groups in total. The number of nitrogens with two attached hydrogens (primary N) is 1. The van der Waals surface area contributed by atoms with Crippen LogP contribution in [-0.2, 0) is 6.54 Å². The van der Waals surface area contributed by atoms with Crippen molar-refractivity contribution in [2.24, 2.45) is 16.8 Å². The molecule has 0 aromatic carbocycles. The molecule has 1 atom stereocenters. The molecule has 5 nitrogen and oxygen atoms in total. The number of nitrogens with one attached hydrogen (secondary N) is 1. The summed E-state index contributed by atoms with van der Waals surface area (Å²) in [6.07, 6.45) is 9.85. The van der Waals surface area contributed by atoms with Crippen LogP contribution < -0.4 is 11.1 Å². The van der Waals surface area contributed by atoms with Gasteiger partial charge in [-0.05, 0) is 43.4 Å². The molecule has 1 aliphatic rings. The Labute approximate surface area is 126 Å². The Morgan fingerprint density at radius 1 is 1.43 bits per heavy atom. The Morgan fingerprint density at radius 3 is 2.81 bits per heavy atom. The largest absolute Gasteiger partial charge is 0.409 e. The second kappa shape index (κ2) is 7.98. The highest BCUT2D eigenvalue weighted by Gasteiger charge is 2.18. The number of hydrogen-bond acceptors (Lipinski definition) is 4. The summed E-state index contributed by atoms with van der Waals surface area (Å²) in [5, 5.41) is 15.3. The minimum atomic E-state index is 0.0497. The smallest absolute Gasteiger partial charge is 0.188 e. The quantitative estimate of drug-likeness (QED) is 0.256. The Hall–Kier alpha value is -1.62. The molecular weight excluding hydrogens is 264 g/mol. The molecule has 0 unspecified atom stereocenters. The van der Waals surface area contributed by atoms with E-state index in [-0.39, 0.29) is 5.84 Å². The summed E-state index contributed by atoms with van der Waals surface area (Å²) < 4.78 is 0. The molecular formula is C16H26N4O. The van der Waals surface area contributed by atoms with E-state index in [0.29, 0.717) is 11.7 Å². The maximum atomic E-state index is 8.70. The van der Waals surface area contributed by atoms with Crippen molar-refractivity contribution in [2.45, 2.75) is 58.0 Å². The number of hydrogen-bond donors (Lipinski definition) is 3. The fraction of sp³-hybridized carbons (Fsp3) is 0.625. The summed E-state index contributed by atoms with van der Waals surface area (Å²) in [5.41, 5.74) is 7.19. The molecule has 1 aromatic heterocycles. The first-order chi connectivity index (χ1) is 10.2. The minimum absolute atomic E-state index is 0.0497. The van der Waals surface area contributed by atoms with Crippen LogP contribution >= 0.6 is 0 Å². The van der Waals surface area contributed by atoms with E-state index >= 15 is 0 Å². The van der Waals surface area contributed by atoms with Crippen LogP contribution in [0.25, 0.3) is 0 Å². The van der Waals surface area contributed by atoms with Crippen molar-refractivity contribution in [1.82, 2.24) is 10.3 Å². The fourth-order valence-corrected chi connectivity index (χ4v) is 3.03. The van der Waals surface area contributed by atoms with Crippen molar-refractivity contribution in [3.05, 3.63) is 29.6 Å². The van der Waals surface area contributed by atoms with Crippen LogP contribution in [-0.4, -0.2) is 22.1 Å². The molecule has 0 amide bonds. The normalized spacial score (nSPS) is 19.2. The predicted molar refractivity (Wildman–Crippen MR) is 84.2 cm³/mol. The van der Waals surface area contributed by atoms with Gasteiger partial charge in [-0.2, -0.15) is 0 Å². The van der Waals surface area contributed by atoms with Gasteiger partial charge in [0.2, 0.25) is 0 Å². The van der Waals surface area contributed by atoms with Crippen molar-refractivity contribution in [3.8, 4) is 0 Å². The molecule has 1 saturated carbocycles. The van der Waals surface area contributed by atoms with Gasteiger partial charge in [-0.15, -0.1) is 0 Å². The molecule has 2 rings (SSSR count). The molecule has 0 radical (unpaired) electrons. The molecule has 5 heteroatoms. The number of pyridine rings is 1. The first kappa shape index (κ1) is 15.8. The lowest BCUT2D eigenvalue weighted by atomic mass is 9.93. The van der Waals surface area contributed by atoms with E-state index in [4.69, 9.17) is 10.9 Å². The highest BCUT2D eigenvalue weighted by molar-refractivity contribution is 5.95. The number of oxime groups is 1. The van der Waals surface area contributed by atoms with Crippen LogP contribution in [0.15, 0.2) is 23.5 Å². The molecule has 1 aromatic rings. The van der Waals surface area contributed by atoms with Gasteiger partial charge in [-0.25, -0.2) is 0 Å². The van der Waals surface area contributed by atoms with E-state index in [2.05, 4.69) is 22.4 Å². The van der Waals surface area contributed by atoms with E-state index in [9.17, 15) is 0 Å². The molecule has 0 aliphatic heterocycles. The van der Waals surface area contributed by atoms with Crippen LogP contribution in [0.1, 0.15) is 56.7 Å². The predicted octanol–water partition coefficient (Wildman–Crippen LogP) is 2.62. The van der Waals surface area contributed by atoms with Gasteiger partial charge in [-0.3, -0.25) is 4.98 Å². The molecule has 21 heavy (non-hydrogen) atoms. The van der Waals surface area contributed by atoms with Crippen LogP contribution in [0, 0.1) is 5.92 Å². The molecule has 0 saturated heterocycles. The van der Waals surface area contributed by atoms with Gasteiger partial charge < -0.3 is 16.3 Å². The Balaban J connectivity index is 1.90. The Kier molecular flexibility index (Phi) is 5.99. The first-order valence-electron chi connectivity index (χ1n) is 7.87. The lowest BCUT2D eigenvalue weighted by Gasteiger charge is -2.23. The third-order valence-electron chi connectivity index (χ3n) is 4.43. The minimum Gasteiger partial charge on any atom is -0.409 e. The topological polar surface area (TPSA) is 83.5 Å². The van der Waals surface area contributed by atoms with E-state index in [0.717, 1.165) is 18.0 Å². The molecule has 1 aliphatic carbocycles. The van der Waals surface area contributed by atoms with Crippen molar-refractivity contribution in [3.63, 3.8) is 0 Å². The van der Waals surface area contributed by atoms with Gasteiger partial charge in [0.15, 0.2) is 5.84 Å². The zero-order valence-corrected chi connectivity index (χ0v) is 12.8. The molecule has 1 heterocycles. The van der Waals surface area contributed by atoms with E-state index in [1.165, 1.54) is 38.5 Å². The molecule has 1 fully saturated rings. The summed E-state index contributed by atoms with van der Waals surface area (Å²) in [4.78, 5) is 4.10. The Bertz CT molecular complexity index is 467. The number of amidine groups is 1. The zero-order chi connectivity index (χ0) is 15.1. The van der Waals surface area contributed by atoms with Gasteiger partial charge in [0.1, 0.15) is 5.69 Å². The van der Waals surface area contributed by atoms with E-state index < -0.39 is 0 Å². The maximum absolute atomic E-state index is 8.70. The average Bonchev–Trinajstić information content (AvgIpc) is 2.81. The summed E-state index contributed by atoms with van der Waals surface area (Å²) in [6.45, 7) is 3.06. The lowest BCUT2D eigenvalue weighted by molar-refractivity contribution is 0.318. The van der Waals surface area contributed by atoms with Crippen molar-refractivity contribution in [1.29, 1.82) is 0 Å². The summed E-state index contributed by atoms with van der Waals surface area (Å²) in [7, 11) is 0. The van der Waals surface area contributed by atoms with Crippen LogP contribution in [0.5, 0.6) is 0 Å². The number of aromatic nitrogens is 1. The lowest BCUT2D eigenvalue weighted by Crippen LogP contribution is -2.33. The second-order valence-corrected chi connectivity index (χ2v) is 5.96. The van der Waals surface area contributed by atoms with Crippen LogP contribution in [0.4, 0.5) is 0 Å². The van der Waals surface area contributed by atoms with Crippen molar-refractivity contribution < 1.29 is 5.21 Å². The monoisotopic (exact) mass is 290 g/mol.